The minimum atomic E-state index is -3.44. The van der Waals surface area contributed by atoms with E-state index in [1.54, 1.807) is 72.0 Å². The van der Waals surface area contributed by atoms with Crippen molar-refractivity contribution in [2.75, 3.05) is 11.1 Å². The fourth-order valence-corrected chi connectivity index (χ4v) is 6.86. The lowest BCUT2D eigenvalue weighted by Crippen LogP contribution is -2.14. The lowest BCUT2D eigenvalue weighted by Gasteiger charge is -2.14. The molecule has 0 fully saturated rings. The number of hydrogen-bond acceptors (Lipinski definition) is 10. The Hall–Kier alpha value is -4.14. The zero-order chi connectivity index (χ0) is 32.7. The Kier molecular flexibility index (Phi) is 10.5. The summed E-state index contributed by atoms with van der Waals surface area (Å²) in [6.45, 7) is 6.66. The zero-order valence-corrected chi connectivity index (χ0v) is 28.7. The Labute approximate surface area is 279 Å². The number of H-pyrrole nitrogens is 1. The van der Waals surface area contributed by atoms with Crippen LogP contribution in [0.4, 0.5) is 5.69 Å². The maximum absolute atomic E-state index is 13.4. The van der Waals surface area contributed by atoms with Gasteiger partial charge >= 0.3 is 0 Å². The number of nitrogens with zero attached hydrogens (tertiary/aromatic N) is 4. The zero-order valence-electron chi connectivity index (χ0n) is 25.5. The van der Waals surface area contributed by atoms with Crippen molar-refractivity contribution in [2.45, 2.75) is 57.1 Å². The Morgan fingerprint density at radius 1 is 1.02 bits per heavy atom. The number of hydrogen-bond donors (Lipinski definition) is 2. The van der Waals surface area contributed by atoms with Crippen LogP contribution in [-0.4, -0.2) is 45.7 Å². The summed E-state index contributed by atoms with van der Waals surface area (Å²) in [7, 11) is -3.44. The van der Waals surface area contributed by atoms with E-state index in [1.165, 1.54) is 0 Å². The second kappa shape index (κ2) is 14.5. The first kappa shape index (κ1) is 33.2. The fourth-order valence-electron chi connectivity index (χ4n) is 4.36. The molecular weight excluding hydrogens is 692 g/mol. The molecule has 2 aromatic heterocycles. The van der Waals surface area contributed by atoms with Gasteiger partial charge in [0.1, 0.15) is 23.1 Å². The van der Waals surface area contributed by atoms with Gasteiger partial charge in [-0.2, -0.15) is 5.21 Å². The molecule has 0 aliphatic rings. The quantitative estimate of drug-likeness (QED) is 0.138. The summed E-state index contributed by atoms with van der Waals surface area (Å²) in [5.74, 6) is 0.899. The van der Waals surface area contributed by atoms with E-state index in [0.29, 0.717) is 48.0 Å². The van der Waals surface area contributed by atoms with Gasteiger partial charge in [-0.25, -0.2) is 13.4 Å². The van der Waals surface area contributed by atoms with Crippen molar-refractivity contribution in [1.29, 1.82) is 0 Å². The topological polar surface area (TPSA) is 149 Å². The van der Waals surface area contributed by atoms with Crippen LogP contribution in [0.1, 0.15) is 59.6 Å². The van der Waals surface area contributed by atoms with Crippen molar-refractivity contribution in [3.05, 3.63) is 104 Å². The van der Waals surface area contributed by atoms with E-state index in [9.17, 15) is 13.2 Å². The number of nitrogens with one attached hydrogen (secondary N) is 2. The molecule has 14 heteroatoms. The van der Waals surface area contributed by atoms with Crippen molar-refractivity contribution < 1.29 is 22.7 Å². The molecule has 0 saturated heterocycles. The molecule has 2 N–H and O–H groups in total. The highest BCUT2D eigenvalue weighted by Crippen LogP contribution is 2.29. The molecule has 0 saturated carbocycles. The predicted molar refractivity (Wildman–Crippen MR) is 179 cm³/mol. The first-order valence-electron chi connectivity index (χ1n) is 14.4. The Bertz CT molecular complexity index is 1890. The molecule has 0 unspecified atom stereocenters. The average molecular weight is 726 g/mol. The largest absolute Gasteiger partial charge is 0.486 e. The number of carbonyl (C=O) groups is 1. The second-order valence-electron chi connectivity index (χ2n) is 11.5. The molecule has 5 rings (SSSR count). The monoisotopic (exact) mass is 724 g/mol. The normalized spacial score (nSPS) is 11.7. The summed E-state index contributed by atoms with van der Waals surface area (Å²) in [6, 6.07) is 18.9. The Balaban J connectivity index is 1.27. The molecule has 5 aromatic rings. The van der Waals surface area contributed by atoms with Gasteiger partial charge in [-0.1, -0.05) is 54.0 Å². The minimum absolute atomic E-state index is 0.0162. The van der Waals surface area contributed by atoms with Crippen LogP contribution in [0.3, 0.4) is 0 Å². The molecule has 1 amide bonds. The van der Waals surface area contributed by atoms with E-state index >= 15 is 0 Å². The Morgan fingerprint density at radius 3 is 2.54 bits per heavy atom. The van der Waals surface area contributed by atoms with E-state index in [4.69, 9.17) is 9.47 Å². The number of carbonyl (C=O) groups excluding carboxylic acids is 1. The van der Waals surface area contributed by atoms with E-state index in [2.05, 4.69) is 67.6 Å². The molecule has 46 heavy (non-hydrogen) atoms. The maximum Gasteiger partial charge on any atom is 0.255 e. The molecule has 0 aliphatic heterocycles. The number of anilines is 1. The first-order valence-corrected chi connectivity index (χ1v) is 17.7. The van der Waals surface area contributed by atoms with Gasteiger partial charge in [0, 0.05) is 20.8 Å². The van der Waals surface area contributed by atoms with Crippen LogP contribution in [0, 0.1) is 0 Å². The van der Waals surface area contributed by atoms with Crippen LogP contribution in [0.5, 0.6) is 11.5 Å². The van der Waals surface area contributed by atoms with Crippen LogP contribution >= 0.6 is 27.3 Å². The number of aromatic nitrogens is 5. The molecule has 0 bridgehead atoms. The molecule has 2 heterocycles. The van der Waals surface area contributed by atoms with E-state index in [1.807, 2.05) is 11.4 Å². The Morgan fingerprint density at radius 2 is 1.83 bits per heavy atom. The summed E-state index contributed by atoms with van der Waals surface area (Å²) in [6.07, 6.45) is 0.866. The lowest BCUT2D eigenvalue weighted by atomic mass is 9.93. The average Bonchev–Trinajstić information content (AvgIpc) is 3.73. The van der Waals surface area contributed by atoms with Crippen molar-refractivity contribution in [1.82, 2.24) is 25.6 Å². The van der Waals surface area contributed by atoms with E-state index < -0.39 is 9.84 Å². The predicted octanol–water partition coefficient (Wildman–Crippen LogP) is 6.53. The van der Waals surface area contributed by atoms with Crippen LogP contribution in [-0.2, 0) is 34.9 Å². The number of tetrazole rings is 1. The van der Waals surface area contributed by atoms with Crippen molar-refractivity contribution in [3.63, 3.8) is 0 Å². The highest BCUT2D eigenvalue weighted by molar-refractivity contribution is 9.10. The summed E-state index contributed by atoms with van der Waals surface area (Å²) >= 11 is 4.87. The molecule has 0 spiro atoms. The van der Waals surface area contributed by atoms with Gasteiger partial charge in [-0.15, -0.1) is 21.5 Å². The molecule has 0 atom stereocenters. The van der Waals surface area contributed by atoms with Crippen LogP contribution in [0.15, 0.2) is 81.5 Å². The minimum Gasteiger partial charge on any atom is -0.486 e. The molecule has 0 radical (unpaired) electrons. The van der Waals surface area contributed by atoms with Crippen LogP contribution < -0.4 is 14.8 Å². The highest BCUT2D eigenvalue weighted by atomic mass is 79.9. The molecule has 240 valence electrons. The lowest BCUT2D eigenvalue weighted by molar-refractivity contribution is 0.102. The fraction of sp³-hybridized carbons (Fsp3) is 0.281. The smallest absolute Gasteiger partial charge is 0.255 e. The number of ether oxygens (including phenoxy) is 2. The van der Waals surface area contributed by atoms with Crippen LogP contribution in [0.25, 0.3) is 0 Å². The maximum atomic E-state index is 13.4. The summed E-state index contributed by atoms with van der Waals surface area (Å²) < 4.78 is 38.3. The van der Waals surface area contributed by atoms with Gasteiger partial charge in [-0.05, 0) is 73.0 Å². The third-order valence-electron chi connectivity index (χ3n) is 6.87. The van der Waals surface area contributed by atoms with Crippen molar-refractivity contribution in [2.24, 2.45) is 0 Å². The number of benzene rings is 3. The number of aryl methyl sites for hydroxylation is 1. The van der Waals surface area contributed by atoms with Gasteiger partial charge in [0.15, 0.2) is 16.4 Å². The second-order valence-corrected chi connectivity index (χ2v) is 15.4. The van der Waals surface area contributed by atoms with Gasteiger partial charge < -0.3 is 14.8 Å². The first-order chi connectivity index (χ1) is 22.0. The van der Waals surface area contributed by atoms with E-state index in [-0.39, 0.29) is 28.6 Å². The molecule has 0 aliphatic carbocycles. The summed E-state index contributed by atoms with van der Waals surface area (Å²) in [5.41, 5.74) is 2.61. The highest BCUT2D eigenvalue weighted by Gasteiger charge is 2.18. The van der Waals surface area contributed by atoms with Gasteiger partial charge in [0.05, 0.1) is 22.0 Å². The van der Waals surface area contributed by atoms with E-state index in [0.717, 1.165) is 20.7 Å². The number of sulfone groups is 1. The number of halogens is 1. The van der Waals surface area contributed by atoms with Gasteiger partial charge in [-0.3, -0.25) is 4.79 Å². The summed E-state index contributed by atoms with van der Waals surface area (Å²) in [4.78, 5) is 18.4. The SMILES string of the molecule is CC(C)(C)c1csc(COc2cccc(C(=O)Nc3cc(CCCS(=O)(=O)c4ccc(Br)cc4)ccc3OCc3nn[nH]n3)c2)n1. The number of aromatic amines is 1. The number of amides is 1. The van der Waals surface area contributed by atoms with Gasteiger partial charge in [0.2, 0.25) is 5.82 Å². The standard InChI is InChI=1S/C32H33BrN6O5S2/c1-32(2,3)28-20-45-30(35-28)19-43-24-8-4-7-22(17-24)31(40)34-26-16-21(9-14-27(26)44-18-29-36-38-39-37-29)6-5-15-46(41,42)25-12-10-23(33)11-13-25/h4,7-14,16-17,20H,5-6,15,18-19H2,1-3H3,(H,34,40)(H,36,37,38,39). The summed E-state index contributed by atoms with van der Waals surface area (Å²) in [5, 5.41) is 19.6. The van der Waals surface area contributed by atoms with Crippen LogP contribution in [0.2, 0.25) is 0 Å². The van der Waals surface area contributed by atoms with Crippen molar-refractivity contribution >= 4 is 48.7 Å². The van der Waals surface area contributed by atoms with Gasteiger partial charge in [0.25, 0.3) is 5.91 Å². The molecular formula is C32H33BrN6O5S2. The van der Waals surface area contributed by atoms with Crippen molar-refractivity contribution in [3.8, 4) is 11.5 Å². The number of rotatable bonds is 13. The third-order valence-corrected chi connectivity index (χ3v) is 10.0. The molecule has 11 nitrogen and oxygen atoms in total. The number of thiazole rings is 1. The molecule has 3 aromatic carbocycles. The third kappa shape index (κ3) is 8.98.